The number of likely N-dealkylation sites (N-methyl/N-ethyl adjacent to an activating group) is 1. The number of esters is 6. The summed E-state index contributed by atoms with van der Waals surface area (Å²) in [5.41, 5.74) is 3.87. The van der Waals surface area contributed by atoms with Gasteiger partial charge in [0.2, 0.25) is 0 Å². The normalized spacial score (nSPS) is 10.2. The van der Waals surface area contributed by atoms with Gasteiger partial charge in [0.25, 0.3) is 23.6 Å². The number of unbranched alkanes of at least 4 members (excludes halogenated alkanes) is 3. The first-order chi connectivity index (χ1) is 48.4. The summed E-state index contributed by atoms with van der Waals surface area (Å²) >= 11 is 11.5. The summed E-state index contributed by atoms with van der Waals surface area (Å²) in [4.78, 5) is 119. The molecule has 0 aromatic heterocycles. The number of nitrogens with one attached hydrogen (secondary N) is 4. The number of carbonyl (C=O) groups excluding carboxylic acids is 10. The Morgan fingerprint density at radius 1 is 0.310 bits per heavy atom. The van der Waals surface area contributed by atoms with Crippen LogP contribution in [-0.4, -0.2) is 137 Å². The molecule has 0 atom stereocenters. The summed E-state index contributed by atoms with van der Waals surface area (Å²) in [6.07, 6.45) is 3.95. The van der Waals surface area contributed by atoms with E-state index in [0.29, 0.717) is 135 Å². The van der Waals surface area contributed by atoms with E-state index in [2.05, 4.69) is 21.3 Å². The van der Waals surface area contributed by atoms with Crippen LogP contribution in [0, 0.1) is 0 Å². The second-order valence-corrected chi connectivity index (χ2v) is 22.5. The summed E-state index contributed by atoms with van der Waals surface area (Å²) in [6, 6.07) is 62.0. The molecule has 0 aliphatic rings. The Morgan fingerprint density at radius 2 is 0.610 bits per heavy atom. The number of ether oxygens (including phenoxy) is 6. The van der Waals surface area contributed by atoms with E-state index in [1.807, 2.05) is 60.5 Å². The SMILES string of the molecule is CC(=O)Oc1ccccc1C(=O)NCCCCOC(=O)c1ccccc1OC(C)=O.CN(CCNC(=O)c1ccccc1)CCOC(=O)c1ccccc1.O=C(NCCCCOC(=O)c1ccc(Cl)cc1)c1ccc(Cl)cc1.O=C(NCCCCOC(=O)c1ccccc1)c1ccccc1. The van der Waals surface area contributed by atoms with E-state index in [-0.39, 0.29) is 70.8 Å². The minimum absolute atomic E-state index is 0.0816. The molecular formula is C77H81Cl2N5O16. The standard InChI is InChI=1S/C22H23NO7.C19H22N2O3.C18H17Cl2NO3.C18H19NO3/c1-15(24)29-19-11-5-3-9-17(19)21(26)23-13-7-8-14-28-22(27)18-10-4-6-12-20(18)30-16(2)25;1-21(13-12-20-18(22)16-8-4-2-5-9-16)14-15-24-19(23)17-10-6-3-7-11-17;19-15-7-3-13(4-8-15)17(22)21-11-1-2-12-24-18(23)14-5-9-16(20)10-6-14;20-17(15-9-3-1-4-10-15)19-13-7-8-14-22-18(21)16-11-5-2-6-12-16/h3-6,9-12H,7-8,13-14H2,1-2H3,(H,23,26);2-11H,12-15H2,1H3,(H,20,22);3-10H,1-2,11-12H2,(H,21,22);1-6,9-12H,7-8,13-14H2,(H,19,20). The van der Waals surface area contributed by atoms with Gasteiger partial charge < -0.3 is 54.6 Å². The molecule has 0 saturated carbocycles. The molecule has 0 heterocycles. The van der Waals surface area contributed by atoms with Crippen molar-refractivity contribution in [1.29, 1.82) is 0 Å². The van der Waals surface area contributed by atoms with E-state index in [1.54, 1.807) is 158 Å². The lowest BCUT2D eigenvalue weighted by atomic mass is 10.2. The van der Waals surface area contributed by atoms with Crippen molar-refractivity contribution in [2.45, 2.75) is 52.4 Å². The van der Waals surface area contributed by atoms with Crippen molar-refractivity contribution in [3.05, 3.63) is 273 Å². The first-order valence-electron chi connectivity index (χ1n) is 32.1. The molecule has 21 nitrogen and oxygen atoms in total. The van der Waals surface area contributed by atoms with Crippen LogP contribution in [0.25, 0.3) is 0 Å². The van der Waals surface area contributed by atoms with Crippen molar-refractivity contribution in [2.24, 2.45) is 0 Å². The lowest BCUT2D eigenvalue weighted by Crippen LogP contribution is -2.34. The first kappa shape index (κ1) is 79.7. The van der Waals surface area contributed by atoms with Crippen LogP contribution in [0.3, 0.4) is 0 Å². The summed E-state index contributed by atoms with van der Waals surface area (Å²) in [5, 5.41) is 12.4. The molecule has 524 valence electrons. The molecule has 0 radical (unpaired) electrons. The number of benzene rings is 8. The monoisotopic (exact) mass is 1400 g/mol. The summed E-state index contributed by atoms with van der Waals surface area (Å²) in [5.74, 6) is -2.96. The fraction of sp³-hybridized carbons (Fsp3) is 0.247. The fourth-order valence-electron chi connectivity index (χ4n) is 8.57. The number of nitrogens with zero attached hydrogens (tertiary/aromatic N) is 1. The van der Waals surface area contributed by atoms with E-state index in [9.17, 15) is 47.9 Å². The first-order valence-corrected chi connectivity index (χ1v) is 32.9. The van der Waals surface area contributed by atoms with Gasteiger partial charge >= 0.3 is 35.8 Å². The highest BCUT2D eigenvalue weighted by Gasteiger charge is 2.17. The van der Waals surface area contributed by atoms with Crippen LogP contribution in [0.2, 0.25) is 10.0 Å². The zero-order valence-corrected chi connectivity index (χ0v) is 57.3. The van der Waals surface area contributed by atoms with Gasteiger partial charge in [0.1, 0.15) is 23.7 Å². The number of rotatable bonds is 31. The molecule has 8 rings (SSSR count). The van der Waals surface area contributed by atoms with E-state index in [4.69, 9.17) is 51.6 Å². The maximum atomic E-state index is 12.3. The zero-order valence-electron chi connectivity index (χ0n) is 55.8. The molecule has 4 N–H and O–H groups in total. The second kappa shape index (κ2) is 46.3. The highest BCUT2D eigenvalue weighted by atomic mass is 35.5. The Balaban J connectivity index is 0.000000242. The van der Waals surface area contributed by atoms with E-state index in [1.165, 1.54) is 26.0 Å². The van der Waals surface area contributed by atoms with Gasteiger partial charge in [-0.1, -0.05) is 120 Å². The number of halogens is 2. The zero-order chi connectivity index (χ0) is 72.1. The van der Waals surface area contributed by atoms with Gasteiger partial charge in [-0.25, -0.2) is 19.2 Å². The van der Waals surface area contributed by atoms with Crippen LogP contribution in [-0.2, 0) is 28.5 Å². The lowest BCUT2D eigenvalue weighted by Gasteiger charge is -2.16. The van der Waals surface area contributed by atoms with Crippen molar-refractivity contribution in [2.75, 3.05) is 72.7 Å². The summed E-state index contributed by atoms with van der Waals surface area (Å²) in [7, 11) is 1.92. The van der Waals surface area contributed by atoms with Crippen LogP contribution < -0.4 is 30.7 Å². The van der Waals surface area contributed by atoms with Gasteiger partial charge in [-0.15, -0.1) is 0 Å². The van der Waals surface area contributed by atoms with Crippen molar-refractivity contribution in [3.63, 3.8) is 0 Å². The minimum Gasteiger partial charge on any atom is -0.462 e. The third kappa shape index (κ3) is 31.9. The number of amides is 4. The van der Waals surface area contributed by atoms with E-state index >= 15 is 0 Å². The predicted molar refractivity (Wildman–Crippen MR) is 380 cm³/mol. The van der Waals surface area contributed by atoms with Crippen LogP contribution >= 0.6 is 23.2 Å². The maximum Gasteiger partial charge on any atom is 0.341 e. The van der Waals surface area contributed by atoms with Gasteiger partial charge in [0.05, 0.1) is 42.1 Å². The smallest absolute Gasteiger partial charge is 0.341 e. The molecule has 0 spiro atoms. The molecule has 0 unspecified atom stereocenters. The van der Waals surface area contributed by atoms with Gasteiger partial charge in [-0.3, -0.25) is 28.8 Å². The van der Waals surface area contributed by atoms with Crippen molar-refractivity contribution in [3.8, 4) is 11.5 Å². The Hall–Kier alpha value is -11.0. The molecule has 8 aromatic rings. The van der Waals surface area contributed by atoms with Crippen LogP contribution in [0.15, 0.2) is 218 Å². The molecule has 100 heavy (non-hydrogen) atoms. The predicted octanol–water partition coefficient (Wildman–Crippen LogP) is 12.5. The Bertz CT molecular complexity index is 3600. The molecule has 4 amide bonds. The Kier molecular flexibility index (Phi) is 36.9. The van der Waals surface area contributed by atoms with Crippen molar-refractivity contribution < 1.29 is 76.4 Å². The number of hydrogen-bond donors (Lipinski definition) is 4. The van der Waals surface area contributed by atoms with E-state index < -0.39 is 17.9 Å². The van der Waals surface area contributed by atoms with E-state index in [0.717, 1.165) is 6.42 Å². The highest BCUT2D eigenvalue weighted by molar-refractivity contribution is 6.31. The van der Waals surface area contributed by atoms with Crippen LogP contribution in [0.4, 0.5) is 0 Å². The topological polar surface area (TPSA) is 277 Å². The lowest BCUT2D eigenvalue weighted by molar-refractivity contribution is -0.132. The van der Waals surface area contributed by atoms with Crippen molar-refractivity contribution in [1.82, 2.24) is 26.2 Å². The Labute approximate surface area is 591 Å². The summed E-state index contributed by atoms with van der Waals surface area (Å²) in [6.45, 7) is 6.91. The molecule has 0 aliphatic heterocycles. The Morgan fingerprint density at radius 3 is 1.02 bits per heavy atom. The second-order valence-electron chi connectivity index (χ2n) is 21.6. The molecular weight excluding hydrogens is 1320 g/mol. The number of hydrogen-bond acceptors (Lipinski definition) is 17. The molecule has 0 saturated heterocycles. The van der Waals surface area contributed by atoms with Crippen LogP contribution in [0.1, 0.15) is 135 Å². The van der Waals surface area contributed by atoms with Gasteiger partial charge in [0.15, 0.2) is 0 Å². The maximum absolute atomic E-state index is 12.3. The number of para-hydroxylation sites is 2. The average molecular weight is 1400 g/mol. The largest absolute Gasteiger partial charge is 0.462 e. The van der Waals surface area contributed by atoms with Gasteiger partial charge in [-0.2, -0.15) is 0 Å². The average Bonchev–Trinajstić information content (AvgIpc) is 0.964. The third-order valence-electron chi connectivity index (χ3n) is 13.8. The highest BCUT2D eigenvalue weighted by Crippen LogP contribution is 2.21. The number of carbonyl (C=O) groups is 10. The minimum atomic E-state index is -0.591. The molecule has 0 bridgehead atoms. The quantitative estimate of drug-likeness (QED) is 0.0136. The molecule has 8 aromatic carbocycles. The molecule has 0 fully saturated rings. The third-order valence-corrected chi connectivity index (χ3v) is 14.3. The van der Waals surface area contributed by atoms with Gasteiger partial charge in [0, 0.05) is 79.9 Å². The van der Waals surface area contributed by atoms with Gasteiger partial charge in [-0.05, 0) is 167 Å². The molecule has 0 aliphatic carbocycles. The van der Waals surface area contributed by atoms with Crippen molar-refractivity contribution >= 4 is 82.6 Å². The summed E-state index contributed by atoms with van der Waals surface area (Å²) < 4.78 is 30.8. The van der Waals surface area contributed by atoms with Crippen LogP contribution in [0.5, 0.6) is 11.5 Å². The molecule has 23 heteroatoms. The fourth-order valence-corrected chi connectivity index (χ4v) is 8.82.